The number of ether oxygens (including phenoxy) is 3. The highest BCUT2D eigenvalue weighted by atomic mass is 16.5. The number of rotatable bonds is 10. The van der Waals surface area contributed by atoms with Gasteiger partial charge in [0.2, 0.25) is 5.95 Å². The zero-order chi connectivity index (χ0) is 23.8. The molecule has 8 nitrogen and oxygen atoms in total. The number of Topliss-reactive ketones (excluding diaryl/α,β-unsaturated/α-hetero) is 1. The van der Waals surface area contributed by atoms with E-state index in [1.54, 1.807) is 13.2 Å². The maximum atomic E-state index is 12.2. The second-order valence-corrected chi connectivity index (χ2v) is 8.11. The number of nitrogens with one attached hydrogen (secondary N) is 1. The van der Waals surface area contributed by atoms with Gasteiger partial charge in [-0.15, -0.1) is 0 Å². The Morgan fingerprint density at radius 2 is 1.71 bits per heavy atom. The summed E-state index contributed by atoms with van der Waals surface area (Å²) in [5, 5.41) is 3.25. The van der Waals surface area contributed by atoms with E-state index in [4.69, 9.17) is 14.2 Å². The molecule has 1 fully saturated rings. The number of methoxy groups -OCH3 is 2. The number of aryl methyl sites for hydroxylation is 2. The van der Waals surface area contributed by atoms with Crippen LogP contribution in [0.2, 0.25) is 0 Å². The number of carbonyl (C=O) groups excluding carboxylic acids is 1. The molecule has 4 rings (SSSR count). The lowest BCUT2D eigenvalue weighted by molar-refractivity contribution is 0.0847. The van der Waals surface area contributed by atoms with Crippen LogP contribution in [0.15, 0.2) is 54.9 Å². The highest BCUT2D eigenvalue weighted by Crippen LogP contribution is 2.22. The number of anilines is 3. The van der Waals surface area contributed by atoms with Crippen molar-refractivity contribution >= 4 is 23.1 Å². The van der Waals surface area contributed by atoms with Gasteiger partial charge in [-0.2, -0.15) is 0 Å². The van der Waals surface area contributed by atoms with Crippen LogP contribution in [-0.2, 0) is 22.3 Å². The van der Waals surface area contributed by atoms with Gasteiger partial charge < -0.3 is 24.4 Å². The minimum absolute atomic E-state index is 0.0465. The molecule has 2 heterocycles. The molecular formula is C26H30N4O4. The molecule has 0 aliphatic carbocycles. The molecule has 0 unspecified atom stereocenters. The minimum atomic E-state index is -0.0700. The van der Waals surface area contributed by atoms with E-state index >= 15 is 0 Å². The molecule has 0 saturated carbocycles. The van der Waals surface area contributed by atoms with Crippen molar-refractivity contribution in [3.05, 3.63) is 71.5 Å². The predicted octanol–water partition coefficient (Wildman–Crippen LogP) is 3.68. The molecule has 2 aromatic carbocycles. The van der Waals surface area contributed by atoms with Gasteiger partial charge in [-0.25, -0.2) is 9.97 Å². The summed E-state index contributed by atoms with van der Waals surface area (Å²) in [5.41, 5.74) is 4.75. The highest BCUT2D eigenvalue weighted by Gasteiger charge is 2.12. The molecule has 0 radical (unpaired) electrons. The maximum Gasteiger partial charge on any atom is 0.227 e. The molecule has 34 heavy (non-hydrogen) atoms. The number of carbonyl (C=O) groups is 1. The van der Waals surface area contributed by atoms with Gasteiger partial charge in [-0.3, -0.25) is 4.79 Å². The van der Waals surface area contributed by atoms with Gasteiger partial charge in [0.1, 0.15) is 12.4 Å². The van der Waals surface area contributed by atoms with Crippen molar-refractivity contribution in [3.63, 3.8) is 0 Å². The van der Waals surface area contributed by atoms with Gasteiger partial charge in [-0.05, 0) is 66.4 Å². The molecule has 0 spiro atoms. The summed E-state index contributed by atoms with van der Waals surface area (Å²) in [7, 11) is 3.11. The molecule has 8 heteroatoms. The van der Waals surface area contributed by atoms with E-state index in [0.717, 1.165) is 56.0 Å². The van der Waals surface area contributed by atoms with Crippen LogP contribution in [0, 0.1) is 0 Å². The molecule has 3 aromatic rings. The maximum absolute atomic E-state index is 12.2. The van der Waals surface area contributed by atoms with Crippen molar-refractivity contribution in [1.29, 1.82) is 0 Å². The first-order valence-corrected chi connectivity index (χ1v) is 11.4. The van der Waals surface area contributed by atoms with E-state index in [-0.39, 0.29) is 12.4 Å². The lowest BCUT2D eigenvalue weighted by Gasteiger charge is -2.28. The first-order valence-electron chi connectivity index (χ1n) is 11.4. The first kappa shape index (κ1) is 23.7. The number of morpholine rings is 1. The minimum Gasteiger partial charge on any atom is -0.497 e. The summed E-state index contributed by atoms with van der Waals surface area (Å²) in [6.07, 6.45) is 5.15. The fourth-order valence-corrected chi connectivity index (χ4v) is 3.84. The third-order valence-corrected chi connectivity index (χ3v) is 5.71. The van der Waals surface area contributed by atoms with Crippen molar-refractivity contribution < 1.29 is 19.0 Å². The van der Waals surface area contributed by atoms with E-state index in [1.165, 1.54) is 12.8 Å². The molecule has 0 bridgehead atoms. The number of ketones is 1. The van der Waals surface area contributed by atoms with E-state index in [9.17, 15) is 4.79 Å². The molecule has 0 atom stereocenters. The Balaban J connectivity index is 1.34. The molecule has 1 aliphatic heterocycles. The summed E-state index contributed by atoms with van der Waals surface area (Å²) in [5.74, 6) is 1.14. The average molecular weight is 463 g/mol. The van der Waals surface area contributed by atoms with E-state index in [1.807, 2.05) is 36.7 Å². The highest BCUT2D eigenvalue weighted by molar-refractivity contribution is 5.97. The standard InChI is InChI=1S/C26H30N4O4/c1-32-18-25(31)21-13-19(14-24(15-21)33-2)3-4-20-16-27-26(28-17-20)29-22-5-7-23(8-6-22)30-9-11-34-12-10-30/h5-8,13-17H,3-4,9-12,18H2,1-2H3,(H,27,28,29). The third-order valence-electron chi connectivity index (χ3n) is 5.71. The number of aromatic nitrogens is 2. The van der Waals surface area contributed by atoms with Crippen LogP contribution in [0.1, 0.15) is 21.5 Å². The third kappa shape index (κ3) is 6.30. The topological polar surface area (TPSA) is 85.8 Å². The zero-order valence-corrected chi connectivity index (χ0v) is 19.6. The summed E-state index contributed by atoms with van der Waals surface area (Å²) < 4.78 is 15.7. The van der Waals surface area contributed by atoms with Crippen LogP contribution in [0.25, 0.3) is 0 Å². The first-order chi connectivity index (χ1) is 16.6. The van der Waals surface area contributed by atoms with Crippen molar-refractivity contribution in [1.82, 2.24) is 9.97 Å². The Bertz CT molecular complexity index is 1080. The second kappa shape index (κ2) is 11.6. The Labute approximate surface area is 199 Å². The van der Waals surface area contributed by atoms with Gasteiger partial charge >= 0.3 is 0 Å². The van der Waals surface area contributed by atoms with Crippen molar-refractivity contribution in [2.75, 3.05) is 57.3 Å². The lowest BCUT2D eigenvalue weighted by Crippen LogP contribution is -2.36. The quantitative estimate of drug-likeness (QED) is 0.457. The Hall–Kier alpha value is -3.49. The summed E-state index contributed by atoms with van der Waals surface area (Å²) in [6, 6.07) is 13.8. The molecule has 0 amide bonds. The van der Waals surface area contributed by atoms with Gasteiger partial charge in [0.25, 0.3) is 0 Å². The van der Waals surface area contributed by atoms with Gasteiger partial charge in [-0.1, -0.05) is 0 Å². The molecular weight excluding hydrogens is 432 g/mol. The largest absolute Gasteiger partial charge is 0.497 e. The SMILES string of the molecule is COCC(=O)c1cc(CCc2cnc(Nc3ccc(N4CCOCC4)cc3)nc2)cc(OC)c1. The number of hydrogen-bond acceptors (Lipinski definition) is 8. The Morgan fingerprint density at radius 3 is 2.38 bits per heavy atom. The molecule has 1 saturated heterocycles. The van der Waals surface area contributed by atoms with Crippen molar-refractivity contribution in [2.45, 2.75) is 12.8 Å². The fraction of sp³-hybridized carbons (Fsp3) is 0.346. The zero-order valence-electron chi connectivity index (χ0n) is 19.6. The van der Waals surface area contributed by atoms with Crippen LogP contribution < -0.4 is 15.0 Å². The van der Waals surface area contributed by atoms with Crippen LogP contribution in [0.3, 0.4) is 0 Å². The van der Waals surface area contributed by atoms with E-state index < -0.39 is 0 Å². The van der Waals surface area contributed by atoms with Gasteiger partial charge in [0.05, 0.1) is 20.3 Å². The van der Waals surface area contributed by atoms with Crippen LogP contribution >= 0.6 is 0 Å². The molecule has 1 aromatic heterocycles. The molecule has 1 N–H and O–H groups in total. The van der Waals surface area contributed by atoms with E-state index in [0.29, 0.717) is 17.3 Å². The number of nitrogens with zero attached hydrogens (tertiary/aromatic N) is 3. The average Bonchev–Trinajstić information content (AvgIpc) is 2.89. The summed E-state index contributed by atoms with van der Waals surface area (Å²) in [4.78, 5) is 23.4. The van der Waals surface area contributed by atoms with Gasteiger partial charge in [0, 0.05) is 49.5 Å². The summed E-state index contributed by atoms with van der Waals surface area (Å²) in [6.45, 7) is 3.41. The van der Waals surface area contributed by atoms with Crippen molar-refractivity contribution in [3.8, 4) is 5.75 Å². The predicted molar refractivity (Wildman–Crippen MR) is 131 cm³/mol. The number of hydrogen-bond donors (Lipinski definition) is 1. The van der Waals surface area contributed by atoms with Crippen LogP contribution in [-0.4, -0.2) is 62.9 Å². The molecule has 1 aliphatic rings. The lowest BCUT2D eigenvalue weighted by atomic mass is 10.0. The van der Waals surface area contributed by atoms with Crippen LogP contribution in [0.5, 0.6) is 5.75 Å². The normalized spacial score (nSPS) is 13.5. The second-order valence-electron chi connectivity index (χ2n) is 8.11. The van der Waals surface area contributed by atoms with Gasteiger partial charge in [0.15, 0.2) is 5.78 Å². The summed E-state index contributed by atoms with van der Waals surface area (Å²) >= 11 is 0. The Morgan fingerprint density at radius 1 is 1.00 bits per heavy atom. The Kier molecular flexibility index (Phi) is 8.06. The van der Waals surface area contributed by atoms with Crippen molar-refractivity contribution in [2.24, 2.45) is 0 Å². The monoisotopic (exact) mass is 462 g/mol. The number of benzene rings is 2. The fourth-order valence-electron chi connectivity index (χ4n) is 3.84. The van der Waals surface area contributed by atoms with E-state index in [2.05, 4.69) is 32.3 Å². The smallest absolute Gasteiger partial charge is 0.227 e. The molecule has 178 valence electrons. The van der Waals surface area contributed by atoms with Crippen LogP contribution in [0.4, 0.5) is 17.3 Å².